The summed E-state index contributed by atoms with van der Waals surface area (Å²) >= 11 is 12.8. The van der Waals surface area contributed by atoms with Crippen LogP contribution in [0.1, 0.15) is 58.6 Å². The number of benzene rings is 1. The molecule has 3 heterocycles. The summed E-state index contributed by atoms with van der Waals surface area (Å²) in [5, 5.41) is 0.938. The second-order valence-electron chi connectivity index (χ2n) is 10.8. The minimum atomic E-state index is -0.585. The molecule has 0 saturated carbocycles. The minimum Gasteiger partial charge on any atom is -0.444 e. The van der Waals surface area contributed by atoms with Crippen LogP contribution in [-0.2, 0) is 4.74 Å². The Morgan fingerprint density at radius 2 is 1.92 bits per heavy atom. The SMILES string of the molecule is C=Cc1cccc(C(C)C)c1-n1c(=O)nc(N2CCN(C(=O)OC(C)(C)C)CC2C)c2cc(Cl)c(Cl)nc21. The van der Waals surface area contributed by atoms with Gasteiger partial charge in [-0.2, -0.15) is 4.98 Å². The van der Waals surface area contributed by atoms with Gasteiger partial charge in [0, 0.05) is 25.7 Å². The Kier molecular flexibility index (Phi) is 7.77. The van der Waals surface area contributed by atoms with Gasteiger partial charge in [0.2, 0.25) is 0 Å². The van der Waals surface area contributed by atoms with E-state index < -0.39 is 11.3 Å². The molecule has 1 atom stereocenters. The van der Waals surface area contributed by atoms with Crippen molar-refractivity contribution in [3.8, 4) is 5.69 Å². The topological polar surface area (TPSA) is 80.6 Å². The first kappa shape index (κ1) is 27.9. The third-order valence-electron chi connectivity index (χ3n) is 6.47. The molecule has 1 unspecified atom stereocenters. The van der Waals surface area contributed by atoms with E-state index in [1.165, 1.54) is 4.57 Å². The van der Waals surface area contributed by atoms with Crippen LogP contribution in [0.2, 0.25) is 10.2 Å². The number of pyridine rings is 1. The third-order valence-corrected chi connectivity index (χ3v) is 7.15. The second-order valence-corrected chi connectivity index (χ2v) is 11.6. The van der Waals surface area contributed by atoms with Crippen molar-refractivity contribution in [3.05, 3.63) is 62.6 Å². The molecule has 202 valence electrons. The van der Waals surface area contributed by atoms with Crippen molar-refractivity contribution in [2.75, 3.05) is 24.5 Å². The fraction of sp³-hybridized carbons (Fsp3) is 0.429. The van der Waals surface area contributed by atoms with Crippen LogP contribution < -0.4 is 10.6 Å². The van der Waals surface area contributed by atoms with Crippen molar-refractivity contribution in [2.45, 2.75) is 59.1 Å². The van der Waals surface area contributed by atoms with Gasteiger partial charge in [-0.15, -0.1) is 0 Å². The summed E-state index contributed by atoms with van der Waals surface area (Å²) in [5.41, 5.74) is 1.68. The summed E-state index contributed by atoms with van der Waals surface area (Å²) in [7, 11) is 0. The monoisotopic (exact) mass is 557 g/mol. The van der Waals surface area contributed by atoms with E-state index >= 15 is 0 Å². The Balaban J connectivity index is 1.87. The van der Waals surface area contributed by atoms with Crippen LogP contribution in [0.25, 0.3) is 22.8 Å². The largest absolute Gasteiger partial charge is 0.444 e. The number of hydrogen-bond donors (Lipinski definition) is 0. The van der Waals surface area contributed by atoms with Crippen LogP contribution in [0.5, 0.6) is 0 Å². The van der Waals surface area contributed by atoms with E-state index in [9.17, 15) is 9.59 Å². The maximum atomic E-state index is 13.8. The average Bonchev–Trinajstić information content (AvgIpc) is 2.83. The molecule has 2 aromatic heterocycles. The molecule has 1 aliphatic heterocycles. The lowest BCUT2D eigenvalue weighted by Gasteiger charge is -2.41. The van der Waals surface area contributed by atoms with Crippen molar-refractivity contribution in [3.63, 3.8) is 0 Å². The molecule has 10 heteroatoms. The van der Waals surface area contributed by atoms with Gasteiger partial charge in [-0.25, -0.2) is 19.1 Å². The molecular formula is C28H33Cl2N5O3. The van der Waals surface area contributed by atoms with Crippen LogP contribution in [0.3, 0.4) is 0 Å². The van der Waals surface area contributed by atoms with Gasteiger partial charge in [-0.3, -0.25) is 0 Å². The summed E-state index contributed by atoms with van der Waals surface area (Å²) in [5.74, 6) is 0.570. The Bertz CT molecular complexity index is 1460. The van der Waals surface area contributed by atoms with E-state index in [-0.39, 0.29) is 28.2 Å². The molecule has 0 N–H and O–H groups in total. The summed E-state index contributed by atoms with van der Waals surface area (Å²) in [6, 6.07) is 7.37. The van der Waals surface area contributed by atoms with Gasteiger partial charge in [0.05, 0.1) is 16.1 Å². The molecule has 38 heavy (non-hydrogen) atoms. The summed E-state index contributed by atoms with van der Waals surface area (Å²) in [6.45, 7) is 16.8. The molecular weight excluding hydrogens is 525 g/mol. The standard InChI is InChI=1S/C28H33Cl2N5O3/c1-8-18-10-9-11-19(16(2)3)22(18)35-25-20(14-21(29)23(30)31-25)24(32-26(35)36)34-13-12-33(15-17(34)4)27(37)38-28(5,6)7/h8-11,14,16-17H,1,12-13,15H2,2-7H3. The number of anilines is 1. The predicted molar refractivity (Wildman–Crippen MR) is 154 cm³/mol. The van der Waals surface area contributed by atoms with Crippen molar-refractivity contribution >= 4 is 52.2 Å². The number of halogens is 2. The highest BCUT2D eigenvalue weighted by Crippen LogP contribution is 2.34. The lowest BCUT2D eigenvalue weighted by Crippen LogP contribution is -2.55. The number of amides is 1. The van der Waals surface area contributed by atoms with Crippen LogP contribution in [0.15, 0.2) is 35.6 Å². The molecule has 3 aromatic rings. The van der Waals surface area contributed by atoms with E-state index in [1.807, 2.05) is 50.8 Å². The number of para-hydroxylation sites is 1. The van der Waals surface area contributed by atoms with Gasteiger partial charge in [0.1, 0.15) is 16.6 Å². The molecule has 0 bridgehead atoms. The summed E-state index contributed by atoms with van der Waals surface area (Å²) < 4.78 is 7.05. The molecule has 1 saturated heterocycles. The number of carbonyl (C=O) groups is 1. The Morgan fingerprint density at radius 1 is 1.21 bits per heavy atom. The number of piperazine rings is 1. The molecule has 0 aliphatic carbocycles. The van der Waals surface area contributed by atoms with Gasteiger partial charge in [0.25, 0.3) is 0 Å². The van der Waals surface area contributed by atoms with E-state index in [1.54, 1.807) is 17.0 Å². The number of hydrogen-bond acceptors (Lipinski definition) is 6. The molecule has 1 amide bonds. The van der Waals surface area contributed by atoms with E-state index in [0.29, 0.717) is 42.2 Å². The third kappa shape index (κ3) is 5.38. The van der Waals surface area contributed by atoms with Gasteiger partial charge in [-0.1, -0.05) is 67.9 Å². The Labute approximate surface area is 232 Å². The fourth-order valence-electron chi connectivity index (χ4n) is 4.74. The second kappa shape index (κ2) is 10.6. The number of ether oxygens (including phenoxy) is 1. The molecule has 0 spiro atoms. The number of carbonyl (C=O) groups excluding carboxylic acids is 1. The highest BCUT2D eigenvalue weighted by atomic mass is 35.5. The molecule has 4 rings (SSSR count). The zero-order valence-electron chi connectivity index (χ0n) is 22.6. The summed E-state index contributed by atoms with van der Waals surface area (Å²) in [4.78, 5) is 39.2. The number of fused-ring (bicyclic) bond motifs is 1. The first-order valence-electron chi connectivity index (χ1n) is 12.6. The van der Waals surface area contributed by atoms with E-state index in [2.05, 4.69) is 30.4 Å². The van der Waals surface area contributed by atoms with Gasteiger partial charge in [0.15, 0.2) is 5.65 Å². The smallest absolute Gasteiger partial charge is 0.410 e. The minimum absolute atomic E-state index is 0.0921. The van der Waals surface area contributed by atoms with Gasteiger partial charge >= 0.3 is 11.8 Å². The average molecular weight is 559 g/mol. The highest BCUT2D eigenvalue weighted by Gasteiger charge is 2.32. The highest BCUT2D eigenvalue weighted by molar-refractivity contribution is 6.41. The van der Waals surface area contributed by atoms with Crippen LogP contribution in [0.4, 0.5) is 10.6 Å². The normalized spacial score (nSPS) is 16.3. The zero-order valence-corrected chi connectivity index (χ0v) is 24.1. The van der Waals surface area contributed by atoms with Gasteiger partial charge in [-0.05, 0) is 50.8 Å². The first-order chi connectivity index (χ1) is 17.8. The lowest BCUT2D eigenvalue weighted by molar-refractivity contribution is 0.0218. The van der Waals surface area contributed by atoms with Crippen molar-refractivity contribution in [1.82, 2.24) is 19.4 Å². The van der Waals surface area contributed by atoms with Crippen molar-refractivity contribution < 1.29 is 9.53 Å². The van der Waals surface area contributed by atoms with Crippen molar-refractivity contribution in [1.29, 1.82) is 0 Å². The van der Waals surface area contributed by atoms with Crippen LogP contribution in [-0.4, -0.2) is 56.8 Å². The van der Waals surface area contributed by atoms with Crippen molar-refractivity contribution in [2.24, 2.45) is 0 Å². The molecule has 1 aliphatic rings. The fourth-order valence-corrected chi connectivity index (χ4v) is 5.02. The summed E-state index contributed by atoms with van der Waals surface area (Å²) in [6.07, 6.45) is 1.35. The van der Waals surface area contributed by atoms with Crippen LogP contribution >= 0.6 is 23.2 Å². The maximum absolute atomic E-state index is 13.8. The Morgan fingerprint density at radius 3 is 2.53 bits per heavy atom. The molecule has 1 fully saturated rings. The molecule has 1 aromatic carbocycles. The first-order valence-corrected chi connectivity index (χ1v) is 13.4. The van der Waals surface area contributed by atoms with E-state index in [4.69, 9.17) is 27.9 Å². The molecule has 8 nitrogen and oxygen atoms in total. The molecule has 0 radical (unpaired) electrons. The quantitative estimate of drug-likeness (QED) is 0.350. The number of nitrogens with zero attached hydrogens (tertiary/aromatic N) is 5. The van der Waals surface area contributed by atoms with E-state index in [0.717, 1.165) is 11.1 Å². The number of aromatic nitrogens is 3. The predicted octanol–water partition coefficient (Wildman–Crippen LogP) is 6.30. The number of rotatable bonds is 4. The lowest BCUT2D eigenvalue weighted by atomic mass is 9.97. The van der Waals surface area contributed by atoms with Crippen LogP contribution in [0, 0.1) is 0 Å². The van der Waals surface area contributed by atoms with Gasteiger partial charge < -0.3 is 14.5 Å². The maximum Gasteiger partial charge on any atom is 0.410 e. The Hall–Kier alpha value is -3.10. The zero-order chi connectivity index (χ0) is 27.9.